The summed E-state index contributed by atoms with van der Waals surface area (Å²) >= 11 is 5.89. The largest absolute Gasteiger partial charge is 0.337 e. The van der Waals surface area contributed by atoms with Crippen LogP contribution in [0.25, 0.3) is 0 Å². The lowest BCUT2D eigenvalue weighted by molar-refractivity contribution is -0.155. The van der Waals surface area contributed by atoms with Gasteiger partial charge in [-0.05, 0) is 49.5 Å². The maximum Gasteiger partial charge on any atom is 0.295 e. The van der Waals surface area contributed by atoms with E-state index in [0.29, 0.717) is 43.6 Å². The van der Waals surface area contributed by atoms with Crippen molar-refractivity contribution in [3.63, 3.8) is 0 Å². The second kappa shape index (κ2) is 10.1. The Morgan fingerprint density at radius 3 is 2.62 bits per heavy atom. The molecule has 0 saturated carbocycles. The van der Waals surface area contributed by atoms with Crippen molar-refractivity contribution < 1.29 is 23.6 Å². The first-order valence-corrected chi connectivity index (χ1v) is 12.7. The van der Waals surface area contributed by atoms with Crippen LogP contribution < -0.4 is 0 Å². The molecule has 4 heterocycles. The van der Waals surface area contributed by atoms with Crippen molar-refractivity contribution in [2.75, 3.05) is 19.6 Å². The summed E-state index contributed by atoms with van der Waals surface area (Å²) in [6, 6.07) is 3.84. The van der Waals surface area contributed by atoms with Crippen molar-refractivity contribution in [2.45, 2.75) is 45.3 Å². The third kappa shape index (κ3) is 4.66. The van der Waals surface area contributed by atoms with Crippen LogP contribution in [0.5, 0.6) is 0 Å². The first kappa shape index (κ1) is 25.1. The van der Waals surface area contributed by atoms with Crippen LogP contribution in [0.15, 0.2) is 48.2 Å². The molecule has 1 aromatic carbocycles. The number of hydrogen-bond donors (Lipinski definition) is 0. The van der Waals surface area contributed by atoms with E-state index in [4.69, 9.17) is 11.6 Å². The van der Waals surface area contributed by atoms with Crippen molar-refractivity contribution in [1.29, 1.82) is 0 Å². The zero-order valence-electron chi connectivity index (χ0n) is 20.4. The Hall–Kier alpha value is -3.53. The Morgan fingerprint density at radius 2 is 1.89 bits per heavy atom. The van der Waals surface area contributed by atoms with Crippen LogP contribution in [0.3, 0.4) is 0 Å². The number of benzene rings is 1. The van der Waals surface area contributed by atoms with Gasteiger partial charge in [-0.15, -0.1) is 0 Å². The number of amides is 3. The van der Waals surface area contributed by atoms with Gasteiger partial charge >= 0.3 is 0 Å². The minimum absolute atomic E-state index is 0.0609. The number of likely N-dealkylation sites (tertiary alicyclic amines) is 1. The SMILES string of the molecule is CC1CCCN(CCn2ccnc2)C(=O)C2=C3CCN(Cc4ccc(F)c(Cl)c4)C(=O)C3C(=O)C(=O)N21. The molecule has 3 aliphatic heterocycles. The van der Waals surface area contributed by atoms with Gasteiger partial charge in [-0.1, -0.05) is 17.7 Å². The molecule has 0 radical (unpaired) electrons. The van der Waals surface area contributed by atoms with Crippen LogP contribution >= 0.6 is 11.6 Å². The molecule has 2 unspecified atom stereocenters. The molecular weight excluding hydrogens is 501 g/mol. The van der Waals surface area contributed by atoms with Gasteiger partial charge in [-0.2, -0.15) is 0 Å². The fourth-order valence-corrected chi connectivity index (χ4v) is 5.57. The highest BCUT2D eigenvalue weighted by Gasteiger charge is 2.51. The molecule has 0 N–H and O–H groups in total. The van der Waals surface area contributed by atoms with Crippen molar-refractivity contribution in [1.82, 2.24) is 24.3 Å². The van der Waals surface area contributed by atoms with E-state index < -0.39 is 29.3 Å². The van der Waals surface area contributed by atoms with E-state index in [1.165, 1.54) is 28.0 Å². The van der Waals surface area contributed by atoms with Crippen LogP contribution in [0.4, 0.5) is 4.39 Å². The lowest BCUT2D eigenvalue weighted by Gasteiger charge is -2.44. The van der Waals surface area contributed by atoms with E-state index in [1.807, 2.05) is 17.7 Å². The van der Waals surface area contributed by atoms with Gasteiger partial charge in [0, 0.05) is 51.2 Å². The summed E-state index contributed by atoms with van der Waals surface area (Å²) < 4.78 is 15.4. The summed E-state index contributed by atoms with van der Waals surface area (Å²) in [5, 5.41) is -0.0609. The molecule has 3 aliphatic rings. The van der Waals surface area contributed by atoms with Gasteiger partial charge in [0.1, 0.15) is 17.4 Å². The number of nitrogens with zero attached hydrogens (tertiary/aromatic N) is 5. The average Bonchev–Trinajstić information content (AvgIpc) is 3.39. The summed E-state index contributed by atoms with van der Waals surface area (Å²) in [6.07, 6.45) is 6.75. The van der Waals surface area contributed by atoms with Gasteiger partial charge in [0.05, 0.1) is 11.3 Å². The summed E-state index contributed by atoms with van der Waals surface area (Å²) in [4.78, 5) is 62.4. The monoisotopic (exact) mass is 527 g/mol. The summed E-state index contributed by atoms with van der Waals surface area (Å²) in [6.45, 7) is 3.66. The molecular formula is C26H27ClFN5O4. The zero-order valence-corrected chi connectivity index (χ0v) is 21.2. The molecule has 1 aromatic heterocycles. The van der Waals surface area contributed by atoms with E-state index in [1.54, 1.807) is 17.4 Å². The third-order valence-electron chi connectivity index (χ3n) is 7.32. The van der Waals surface area contributed by atoms with Gasteiger partial charge in [0.15, 0.2) is 0 Å². The second-order valence-electron chi connectivity index (χ2n) is 9.69. The fraction of sp³-hybridized carbons (Fsp3) is 0.423. The highest BCUT2D eigenvalue weighted by molar-refractivity contribution is 6.43. The van der Waals surface area contributed by atoms with Crippen LogP contribution in [-0.2, 0) is 32.3 Å². The molecule has 194 valence electrons. The number of piperidine rings is 1. The highest BCUT2D eigenvalue weighted by atomic mass is 35.5. The molecule has 0 bridgehead atoms. The molecule has 0 spiro atoms. The van der Waals surface area contributed by atoms with Crippen LogP contribution in [0, 0.1) is 11.7 Å². The predicted octanol–water partition coefficient (Wildman–Crippen LogP) is 2.40. The van der Waals surface area contributed by atoms with Gasteiger partial charge in [-0.3, -0.25) is 24.1 Å². The number of aromatic nitrogens is 2. The molecule has 2 aromatic rings. The highest BCUT2D eigenvalue weighted by Crippen LogP contribution is 2.37. The van der Waals surface area contributed by atoms with Crippen LogP contribution in [0.1, 0.15) is 31.7 Å². The quantitative estimate of drug-likeness (QED) is 0.439. The number of hydrogen-bond acceptors (Lipinski definition) is 5. The number of carbonyl (C=O) groups is 4. The molecule has 5 rings (SSSR count). The summed E-state index contributed by atoms with van der Waals surface area (Å²) in [7, 11) is 0. The number of carbonyl (C=O) groups excluding carboxylic acids is 4. The van der Waals surface area contributed by atoms with Gasteiger partial charge in [0.25, 0.3) is 11.8 Å². The van der Waals surface area contributed by atoms with Crippen molar-refractivity contribution >= 4 is 35.1 Å². The summed E-state index contributed by atoms with van der Waals surface area (Å²) in [5.74, 6) is -4.38. The molecule has 2 fully saturated rings. The Balaban J connectivity index is 1.47. The van der Waals surface area contributed by atoms with Crippen LogP contribution in [0.2, 0.25) is 5.02 Å². The Labute approximate surface area is 218 Å². The van der Waals surface area contributed by atoms with E-state index >= 15 is 0 Å². The molecule has 11 heteroatoms. The normalized spacial score (nSPS) is 22.7. The average molecular weight is 528 g/mol. The lowest BCUT2D eigenvalue weighted by Crippen LogP contribution is -2.58. The smallest absolute Gasteiger partial charge is 0.295 e. The number of Topliss-reactive ketones (excluding diaryl/α,β-unsaturated/α-hetero) is 1. The van der Waals surface area contributed by atoms with Gasteiger partial charge in [0.2, 0.25) is 11.7 Å². The first-order valence-electron chi connectivity index (χ1n) is 12.3. The van der Waals surface area contributed by atoms with Crippen molar-refractivity contribution in [3.05, 3.63) is 64.6 Å². The molecule has 2 saturated heterocycles. The van der Waals surface area contributed by atoms with Gasteiger partial charge in [-0.25, -0.2) is 9.37 Å². The number of rotatable bonds is 5. The molecule has 2 atom stereocenters. The van der Waals surface area contributed by atoms with E-state index in [9.17, 15) is 23.6 Å². The van der Waals surface area contributed by atoms with Crippen LogP contribution in [-0.4, -0.2) is 73.4 Å². The van der Waals surface area contributed by atoms with Gasteiger partial charge < -0.3 is 14.4 Å². The third-order valence-corrected chi connectivity index (χ3v) is 7.61. The minimum atomic E-state index is -1.32. The standard InChI is InChI=1S/C26H27ClFN5O4/c1-16-3-2-8-31(12-11-30-10-7-29-15-30)25(36)22-18-6-9-32(14-17-4-5-20(28)19(27)13-17)24(35)21(18)23(34)26(37)33(16)22/h4-5,7,10,13,15-16,21H,2-3,6,8-9,11-12,14H2,1H3. The Bertz CT molecular complexity index is 1290. The maximum atomic E-state index is 13.9. The topological polar surface area (TPSA) is 95.8 Å². The lowest BCUT2D eigenvalue weighted by atomic mass is 9.80. The number of ketones is 1. The van der Waals surface area contributed by atoms with E-state index in [-0.39, 0.29) is 42.2 Å². The number of halogens is 2. The number of imidazole rings is 1. The Morgan fingerprint density at radius 1 is 1.08 bits per heavy atom. The van der Waals surface area contributed by atoms with Crippen molar-refractivity contribution in [3.8, 4) is 0 Å². The predicted molar refractivity (Wildman–Crippen MR) is 131 cm³/mol. The first-order chi connectivity index (χ1) is 17.8. The summed E-state index contributed by atoms with van der Waals surface area (Å²) in [5.41, 5.74) is 1.19. The molecule has 0 aliphatic carbocycles. The maximum absolute atomic E-state index is 13.9. The number of fused-ring (bicyclic) bond motifs is 2. The molecule has 9 nitrogen and oxygen atoms in total. The minimum Gasteiger partial charge on any atom is -0.337 e. The van der Waals surface area contributed by atoms with Crippen molar-refractivity contribution in [2.24, 2.45) is 5.92 Å². The van der Waals surface area contributed by atoms with E-state index in [2.05, 4.69) is 4.98 Å². The fourth-order valence-electron chi connectivity index (χ4n) is 5.37. The molecule has 3 amide bonds. The zero-order chi connectivity index (χ0) is 26.3. The second-order valence-corrected chi connectivity index (χ2v) is 10.1. The Kier molecular flexibility index (Phi) is 6.85. The van der Waals surface area contributed by atoms with E-state index in [0.717, 1.165) is 0 Å². The molecule has 37 heavy (non-hydrogen) atoms.